The second-order valence-corrected chi connectivity index (χ2v) is 7.55. The molecule has 0 bridgehead atoms. The van der Waals surface area contributed by atoms with Crippen molar-refractivity contribution < 1.29 is 28.6 Å². The van der Waals surface area contributed by atoms with Crippen molar-refractivity contribution in [1.29, 1.82) is 0 Å². The van der Waals surface area contributed by atoms with Crippen LogP contribution in [0.25, 0.3) is 5.76 Å². The highest BCUT2D eigenvalue weighted by atomic mass is 16.5. The summed E-state index contributed by atoms with van der Waals surface area (Å²) in [6.07, 6.45) is 1.46. The molecule has 0 aliphatic carbocycles. The van der Waals surface area contributed by atoms with Gasteiger partial charge in [0.2, 0.25) is 0 Å². The number of anilines is 1. The summed E-state index contributed by atoms with van der Waals surface area (Å²) in [7, 11) is 3.04. The fraction of sp³-hybridized carbons (Fsp3) is 0.200. The molecular weight excluding hydrogens is 410 g/mol. The molecule has 1 unspecified atom stereocenters. The van der Waals surface area contributed by atoms with E-state index in [2.05, 4.69) is 0 Å². The van der Waals surface area contributed by atoms with E-state index < -0.39 is 17.7 Å². The van der Waals surface area contributed by atoms with E-state index >= 15 is 0 Å². The molecule has 2 heterocycles. The third-order valence-corrected chi connectivity index (χ3v) is 5.49. The Morgan fingerprint density at radius 3 is 2.34 bits per heavy atom. The Kier molecular flexibility index (Phi) is 5.48. The number of hydrogen-bond acceptors (Lipinski definition) is 6. The lowest BCUT2D eigenvalue weighted by Crippen LogP contribution is -2.29. The van der Waals surface area contributed by atoms with E-state index in [0.29, 0.717) is 28.5 Å². The molecule has 3 aromatic rings. The Bertz CT molecular complexity index is 1210. The monoisotopic (exact) mass is 433 g/mol. The molecular formula is C25H23NO6. The maximum atomic E-state index is 13.2. The normalized spacial score (nSPS) is 17.6. The van der Waals surface area contributed by atoms with Crippen LogP contribution in [-0.2, 0) is 9.59 Å². The average Bonchev–Trinajstić information content (AvgIpc) is 3.40. The van der Waals surface area contributed by atoms with Crippen LogP contribution in [-0.4, -0.2) is 31.0 Å². The van der Waals surface area contributed by atoms with Crippen molar-refractivity contribution in [3.8, 4) is 11.5 Å². The summed E-state index contributed by atoms with van der Waals surface area (Å²) in [6, 6.07) is 12.8. The number of amides is 1. The molecule has 1 aliphatic heterocycles. The van der Waals surface area contributed by atoms with E-state index in [1.54, 1.807) is 49.6 Å². The Hall–Kier alpha value is -4.00. The first-order chi connectivity index (χ1) is 15.4. The number of ketones is 1. The van der Waals surface area contributed by atoms with Crippen LogP contribution in [0.3, 0.4) is 0 Å². The number of aryl methyl sites for hydroxylation is 2. The fourth-order valence-electron chi connectivity index (χ4n) is 4.10. The van der Waals surface area contributed by atoms with Gasteiger partial charge in [-0.1, -0.05) is 6.07 Å². The summed E-state index contributed by atoms with van der Waals surface area (Å²) >= 11 is 0. The second-order valence-electron chi connectivity index (χ2n) is 7.55. The van der Waals surface area contributed by atoms with Gasteiger partial charge in [-0.2, -0.15) is 0 Å². The number of rotatable bonds is 5. The second kappa shape index (κ2) is 8.26. The van der Waals surface area contributed by atoms with Gasteiger partial charge in [-0.25, -0.2) is 0 Å². The average molecular weight is 433 g/mol. The smallest absolute Gasteiger partial charge is 0.300 e. The molecule has 0 saturated carbocycles. The van der Waals surface area contributed by atoms with Crippen molar-refractivity contribution in [2.75, 3.05) is 19.1 Å². The molecule has 0 radical (unpaired) electrons. The topological polar surface area (TPSA) is 89.2 Å². The molecule has 1 amide bonds. The minimum absolute atomic E-state index is 0.0657. The Balaban J connectivity index is 1.95. The highest BCUT2D eigenvalue weighted by molar-refractivity contribution is 6.51. The predicted molar refractivity (Wildman–Crippen MR) is 119 cm³/mol. The lowest BCUT2D eigenvalue weighted by Gasteiger charge is -2.23. The number of nitrogens with zero attached hydrogens (tertiary/aromatic N) is 1. The quantitative estimate of drug-likeness (QED) is 0.361. The number of Topliss-reactive ketones (excluding diaryl/α,β-unsaturated/α-hetero) is 1. The molecule has 1 atom stereocenters. The standard InChI is InChI=1S/C25H23NO6/c1-14-12-15(2)24(31-4)18(13-14)22(27)20-21(19-6-5-11-32-19)26(25(29)23(20)28)16-7-9-17(30-3)10-8-16/h5-13,21,27H,1-4H3/b22-20-. The van der Waals surface area contributed by atoms with Crippen molar-refractivity contribution in [3.63, 3.8) is 0 Å². The summed E-state index contributed by atoms with van der Waals surface area (Å²) in [5.74, 6) is -0.487. The minimum Gasteiger partial charge on any atom is -0.507 e. The molecule has 7 nitrogen and oxygen atoms in total. The summed E-state index contributed by atoms with van der Waals surface area (Å²) in [6.45, 7) is 3.73. The van der Waals surface area contributed by atoms with Gasteiger partial charge in [0, 0.05) is 5.69 Å². The van der Waals surface area contributed by atoms with Crippen molar-refractivity contribution in [2.24, 2.45) is 0 Å². The lowest BCUT2D eigenvalue weighted by atomic mass is 9.96. The van der Waals surface area contributed by atoms with Crippen LogP contribution in [0.15, 0.2) is 64.8 Å². The first-order valence-corrected chi connectivity index (χ1v) is 10.0. The van der Waals surface area contributed by atoms with Gasteiger partial charge >= 0.3 is 0 Å². The predicted octanol–water partition coefficient (Wildman–Crippen LogP) is 4.54. The number of hydrogen-bond donors (Lipinski definition) is 1. The van der Waals surface area contributed by atoms with Crippen molar-refractivity contribution >= 4 is 23.1 Å². The van der Waals surface area contributed by atoms with Crippen molar-refractivity contribution in [3.05, 3.63) is 82.8 Å². The van der Waals surface area contributed by atoms with E-state index in [1.807, 2.05) is 19.9 Å². The summed E-state index contributed by atoms with van der Waals surface area (Å²) < 4.78 is 16.3. The number of aliphatic hydroxyl groups is 1. The fourth-order valence-corrected chi connectivity index (χ4v) is 4.10. The van der Waals surface area contributed by atoms with Crippen LogP contribution in [0.4, 0.5) is 5.69 Å². The van der Waals surface area contributed by atoms with Crippen LogP contribution in [0.1, 0.15) is 28.5 Å². The van der Waals surface area contributed by atoms with Gasteiger partial charge in [0.1, 0.15) is 29.1 Å². The Labute approximate surface area is 185 Å². The number of methoxy groups -OCH3 is 2. The van der Waals surface area contributed by atoms with E-state index in [-0.39, 0.29) is 11.3 Å². The van der Waals surface area contributed by atoms with Crippen LogP contribution in [0, 0.1) is 13.8 Å². The molecule has 2 aromatic carbocycles. The maximum Gasteiger partial charge on any atom is 0.300 e. The summed E-state index contributed by atoms with van der Waals surface area (Å²) in [5.41, 5.74) is 2.43. The molecule has 1 saturated heterocycles. The lowest BCUT2D eigenvalue weighted by molar-refractivity contribution is -0.132. The zero-order valence-electron chi connectivity index (χ0n) is 18.2. The van der Waals surface area contributed by atoms with Gasteiger partial charge in [0.05, 0.1) is 31.6 Å². The number of carbonyl (C=O) groups excluding carboxylic acids is 2. The molecule has 1 fully saturated rings. The number of furan rings is 1. The van der Waals surface area contributed by atoms with Gasteiger partial charge < -0.3 is 19.0 Å². The van der Waals surface area contributed by atoms with Crippen molar-refractivity contribution in [2.45, 2.75) is 19.9 Å². The van der Waals surface area contributed by atoms with E-state index in [0.717, 1.165) is 11.1 Å². The molecule has 4 rings (SSSR count). The minimum atomic E-state index is -0.941. The highest BCUT2D eigenvalue weighted by Crippen LogP contribution is 2.44. The summed E-state index contributed by atoms with van der Waals surface area (Å²) in [4.78, 5) is 27.6. The third kappa shape index (κ3) is 3.41. The van der Waals surface area contributed by atoms with Crippen LogP contribution in [0.2, 0.25) is 0 Å². The number of aliphatic hydroxyl groups excluding tert-OH is 1. The van der Waals surface area contributed by atoms with E-state index in [9.17, 15) is 14.7 Å². The Morgan fingerprint density at radius 1 is 1.03 bits per heavy atom. The molecule has 32 heavy (non-hydrogen) atoms. The van der Waals surface area contributed by atoms with Gasteiger partial charge in [-0.15, -0.1) is 0 Å². The van der Waals surface area contributed by atoms with Gasteiger partial charge in [-0.05, 0) is 67.4 Å². The van der Waals surface area contributed by atoms with E-state index in [1.165, 1.54) is 18.3 Å². The first-order valence-electron chi connectivity index (χ1n) is 10.0. The van der Waals surface area contributed by atoms with Crippen LogP contribution in [0.5, 0.6) is 11.5 Å². The molecule has 7 heteroatoms. The Morgan fingerprint density at radius 2 is 1.75 bits per heavy atom. The SMILES string of the molecule is COc1ccc(N2C(=O)C(=O)/C(=C(\O)c3cc(C)cc(C)c3OC)C2c2ccco2)cc1. The number of carbonyl (C=O) groups is 2. The summed E-state index contributed by atoms with van der Waals surface area (Å²) in [5, 5.41) is 11.3. The number of ether oxygens (including phenoxy) is 2. The molecule has 1 N–H and O–H groups in total. The molecule has 1 aliphatic rings. The first kappa shape index (κ1) is 21.2. The number of benzene rings is 2. The zero-order valence-corrected chi connectivity index (χ0v) is 18.2. The van der Waals surface area contributed by atoms with Gasteiger partial charge in [0.15, 0.2) is 0 Å². The maximum absolute atomic E-state index is 13.2. The van der Waals surface area contributed by atoms with Crippen LogP contribution >= 0.6 is 0 Å². The zero-order chi connectivity index (χ0) is 23.0. The van der Waals surface area contributed by atoms with Gasteiger partial charge in [-0.3, -0.25) is 14.5 Å². The van der Waals surface area contributed by atoms with Crippen molar-refractivity contribution in [1.82, 2.24) is 0 Å². The molecule has 1 aromatic heterocycles. The van der Waals surface area contributed by atoms with E-state index in [4.69, 9.17) is 13.9 Å². The highest BCUT2D eigenvalue weighted by Gasteiger charge is 2.48. The molecule has 0 spiro atoms. The molecule has 164 valence electrons. The van der Waals surface area contributed by atoms with Gasteiger partial charge in [0.25, 0.3) is 11.7 Å². The van der Waals surface area contributed by atoms with Crippen LogP contribution < -0.4 is 14.4 Å². The third-order valence-electron chi connectivity index (χ3n) is 5.49. The largest absolute Gasteiger partial charge is 0.507 e.